The Bertz CT molecular complexity index is 424. The van der Waals surface area contributed by atoms with E-state index >= 15 is 0 Å². The van der Waals surface area contributed by atoms with Crippen LogP contribution in [0.4, 0.5) is 5.82 Å². The van der Waals surface area contributed by atoms with Gasteiger partial charge in [0.2, 0.25) is 0 Å². The lowest BCUT2D eigenvalue weighted by atomic mass is 10.1. The molecule has 0 aliphatic heterocycles. The molecule has 0 saturated carbocycles. The Morgan fingerprint density at radius 1 is 1.37 bits per heavy atom. The van der Waals surface area contributed by atoms with Gasteiger partial charge in [-0.05, 0) is 25.0 Å². The second-order valence-electron chi connectivity index (χ2n) is 4.60. The molecule has 0 aliphatic carbocycles. The normalized spacial score (nSPS) is 12.2. The molecule has 0 spiro atoms. The number of pyridine rings is 1. The summed E-state index contributed by atoms with van der Waals surface area (Å²) in [5, 5.41) is 12.5. The first kappa shape index (κ1) is 15.8. The maximum absolute atomic E-state index is 11.0. The molecule has 5 heteroatoms. The number of carboxylic acid groups (broad SMARTS) is 1. The number of nitrogens with zero attached hydrogens (tertiary/aromatic N) is 1. The Hall–Kier alpha value is -1.29. The first-order valence-corrected chi connectivity index (χ1v) is 7.12. The van der Waals surface area contributed by atoms with Crippen molar-refractivity contribution in [3.05, 3.63) is 22.8 Å². The number of hydrogen-bond acceptors (Lipinski definition) is 3. The van der Waals surface area contributed by atoms with E-state index in [0.717, 1.165) is 32.1 Å². The number of aromatic nitrogens is 1. The van der Waals surface area contributed by atoms with E-state index in [1.165, 1.54) is 0 Å². The predicted molar refractivity (Wildman–Crippen MR) is 78.1 cm³/mol. The third-order valence-corrected chi connectivity index (χ3v) is 3.25. The smallest absolute Gasteiger partial charge is 0.356 e. The molecule has 106 valence electrons. The van der Waals surface area contributed by atoms with Crippen LogP contribution in [-0.2, 0) is 0 Å². The fraction of sp³-hybridized carbons (Fsp3) is 0.571. The largest absolute Gasteiger partial charge is 0.476 e. The van der Waals surface area contributed by atoms with E-state index in [0.29, 0.717) is 11.9 Å². The maximum Gasteiger partial charge on any atom is 0.356 e. The first-order valence-electron chi connectivity index (χ1n) is 6.74. The number of anilines is 1. The molecule has 1 heterocycles. The molecule has 1 atom stereocenters. The molecule has 1 aromatic heterocycles. The van der Waals surface area contributed by atoms with Crippen molar-refractivity contribution in [2.24, 2.45) is 0 Å². The number of halogens is 1. The van der Waals surface area contributed by atoms with Crippen LogP contribution in [0.3, 0.4) is 0 Å². The molecule has 0 amide bonds. The van der Waals surface area contributed by atoms with Gasteiger partial charge in [-0.25, -0.2) is 9.78 Å². The molecule has 1 rings (SSSR count). The van der Waals surface area contributed by atoms with E-state index in [4.69, 9.17) is 16.7 Å². The number of rotatable bonds is 8. The number of nitrogens with one attached hydrogen (secondary N) is 1. The van der Waals surface area contributed by atoms with E-state index in [9.17, 15) is 4.79 Å². The van der Waals surface area contributed by atoms with Crippen LogP contribution < -0.4 is 5.32 Å². The van der Waals surface area contributed by atoms with Crippen LogP contribution in [0.25, 0.3) is 0 Å². The lowest BCUT2D eigenvalue weighted by molar-refractivity contribution is 0.0691. The fourth-order valence-corrected chi connectivity index (χ4v) is 2.16. The fourth-order valence-electron chi connectivity index (χ4n) is 1.97. The zero-order chi connectivity index (χ0) is 14.3. The topological polar surface area (TPSA) is 62.2 Å². The summed E-state index contributed by atoms with van der Waals surface area (Å²) in [5.74, 6) is -0.523. The Balaban J connectivity index is 2.78. The van der Waals surface area contributed by atoms with Crippen molar-refractivity contribution in [2.45, 2.75) is 52.0 Å². The highest BCUT2D eigenvalue weighted by atomic mass is 35.5. The Morgan fingerprint density at radius 3 is 2.68 bits per heavy atom. The zero-order valence-electron chi connectivity index (χ0n) is 11.4. The van der Waals surface area contributed by atoms with E-state index in [1.54, 1.807) is 12.1 Å². The Labute approximate surface area is 119 Å². The van der Waals surface area contributed by atoms with Gasteiger partial charge in [-0.3, -0.25) is 0 Å². The molecule has 4 nitrogen and oxygen atoms in total. The average Bonchev–Trinajstić information content (AvgIpc) is 2.38. The number of unbranched alkanes of at least 4 members (excludes halogenated alkanes) is 1. The summed E-state index contributed by atoms with van der Waals surface area (Å²) in [6.45, 7) is 4.30. The van der Waals surface area contributed by atoms with Crippen LogP contribution in [0.2, 0.25) is 5.02 Å². The minimum Gasteiger partial charge on any atom is -0.476 e. The van der Waals surface area contributed by atoms with Gasteiger partial charge in [0.15, 0.2) is 5.69 Å². The van der Waals surface area contributed by atoms with E-state index < -0.39 is 5.97 Å². The first-order chi connectivity index (χ1) is 9.08. The second-order valence-corrected chi connectivity index (χ2v) is 5.01. The van der Waals surface area contributed by atoms with Crippen molar-refractivity contribution >= 4 is 23.4 Å². The van der Waals surface area contributed by atoms with Crippen molar-refractivity contribution < 1.29 is 9.90 Å². The quantitative estimate of drug-likeness (QED) is 0.751. The SMILES string of the molecule is CCCCC(CCC)Nc1ccc(Cl)c(C(=O)O)n1. The average molecular weight is 285 g/mol. The van der Waals surface area contributed by atoms with Crippen molar-refractivity contribution in [1.29, 1.82) is 0 Å². The van der Waals surface area contributed by atoms with Gasteiger partial charge in [-0.1, -0.05) is 44.7 Å². The summed E-state index contributed by atoms with van der Waals surface area (Å²) in [6, 6.07) is 3.63. The Kier molecular flexibility index (Phi) is 6.64. The van der Waals surface area contributed by atoms with Crippen LogP contribution >= 0.6 is 11.6 Å². The van der Waals surface area contributed by atoms with Gasteiger partial charge in [-0.2, -0.15) is 0 Å². The summed E-state index contributed by atoms with van der Waals surface area (Å²) in [6.07, 6.45) is 5.50. The highest BCUT2D eigenvalue weighted by Crippen LogP contribution is 2.19. The number of hydrogen-bond donors (Lipinski definition) is 2. The number of carboxylic acids is 1. The summed E-state index contributed by atoms with van der Waals surface area (Å²) in [4.78, 5) is 15.0. The number of carbonyl (C=O) groups is 1. The summed E-state index contributed by atoms with van der Waals surface area (Å²) < 4.78 is 0. The van der Waals surface area contributed by atoms with Gasteiger partial charge in [0.05, 0.1) is 5.02 Å². The lowest BCUT2D eigenvalue weighted by Gasteiger charge is -2.18. The molecule has 0 bridgehead atoms. The molecule has 0 aromatic carbocycles. The van der Waals surface area contributed by atoms with E-state index in [2.05, 4.69) is 24.1 Å². The van der Waals surface area contributed by atoms with Gasteiger partial charge in [0.25, 0.3) is 0 Å². The van der Waals surface area contributed by atoms with Crippen molar-refractivity contribution in [2.75, 3.05) is 5.32 Å². The molecule has 19 heavy (non-hydrogen) atoms. The molecule has 0 radical (unpaired) electrons. The zero-order valence-corrected chi connectivity index (χ0v) is 12.2. The van der Waals surface area contributed by atoms with Gasteiger partial charge < -0.3 is 10.4 Å². The third-order valence-electron chi connectivity index (χ3n) is 2.94. The van der Waals surface area contributed by atoms with Gasteiger partial charge in [-0.15, -0.1) is 0 Å². The molecule has 1 unspecified atom stereocenters. The minimum atomic E-state index is -1.10. The molecule has 0 saturated heterocycles. The van der Waals surface area contributed by atoms with Crippen LogP contribution in [0.1, 0.15) is 56.4 Å². The van der Waals surface area contributed by atoms with Crippen LogP contribution in [0.5, 0.6) is 0 Å². The maximum atomic E-state index is 11.0. The highest BCUT2D eigenvalue weighted by molar-refractivity contribution is 6.33. The molecule has 0 fully saturated rings. The van der Waals surface area contributed by atoms with Gasteiger partial charge >= 0.3 is 5.97 Å². The standard InChI is InChI=1S/C14H21ClN2O2/c1-3-5-7-10(6-4-2)16-12-9-8-11(15)13(17-12)14(18)19/h8-10H,3-7H2,1-2H3,(H,16,17)(H,18,19). The van der Waals surface area contributed by atoms with Gasteiger partial charge in [0.1, 0.15) is 5.82 Å². The van der Waals surface area contributed by atoms with Gasteiger partial charge in [0, 0.05) is 6.04 Å². The Morgan fingerprint density at radius 2 is 2.11 bits per heavy atom. The molecule has 2 N–H and O–H groups in total. The molecular weight excluding hydrogens is 264 g/mol. The minimum absolute atomic E-state index is 0.0996. The monoisotopic (exact) mass is 284 g/mol. The second kappa shape index (κ2) is 8.00. The molecule has 1 aromatic rings. The van der Waals surface area contributed by atoms with Crippen LogP contribution in [0, 0.1) is 0 Å². The molecular formula is C14H21ClN2O2. The predicted octanol–water partition coefficient (Wildman–Crippen LogP) is 4.20. The number of aromatic carboxylic acids is 1. The van der Waals surface area contributed by atoms with Crippen molar-refractivity contribution in [3.63, 3.8) is 0 Å². The summed E-state index contributed by atoms with van der Waals surface area (Å²) >= 11 is 5.80. The summed E-state index contributed by atoms with van der Waals surface area (Å²) in [7, 11) is 0. The van der Waals surface area contributed by atoms with E-state index in [-0.39, 0.29) is 10.7 Å². The lowest BCUT2D eigenvalue weighted by Crippen LogP contribution is -2.20. The highest BCUT2D eigenvalue weighted by Gasteiger charge is 2.13. The third kappa shape index (κ3) is 5.07. The van der Waals surface area contributed by atoms with Crippen LogP contribution in [0.15, 0.2) is 12.1 Å². The molecule has 0 aliphatic rings. The van der Waals surface area contributed by atoms with Crippen molar-refractivity contribution in [1.82, 2.24) is 4.98 Å². The van der Waals surface area contributed by atoms with Crippen LogP contribution in [-0.4, -0.2) is 22.1 Å². The van der Waals surface area contributed by atoms with Crippen molar-refractivity contribution in [3.8, 4) is 0 Å². The summed E-state index contributed by atoms with van der Waals surface area (Å²) in [5.41, 5.74) is -0.0996. The van der Waals surface area contributed by atoms with E-state index in [1.807, 2.05) is 0 Å².